The summed E-state index contributed by atoms with van der Waals surface area (Å²) in [5, 5.41) is 27.2. The number of benzene rings is 1. The third kappa shape index (κ3) is 4.01. The van der Waals surface area contributed by atoms with Gasteiger partial charge in [0.2, 0.25) is 10.0 Å². The van der Waals surface area contributed by atoms with Crippen LogP contribution in [0.2, 0.25) is 0 Å². The van der Waals surface area contributed by atoms with Gasteiger partial charge in [0, 0.05) is 6.54 Å². The van der Waals surface area contributed by atoms with Crippen LogP contribution in [0.3, 0.4) is 0 Å². The Morgan fingerprint density at radius 3 is 2.58 bits per heavy atom. The minimum Gasteiger partial charge on any atom is -0.393 e. The molecule has 104 valence electrons. The number of aryl methyl sites for hydroxylation is 1. The van der Waals surface area contributed by atoms with Gasteiger partial charge in [0.05, 0.1) is 28.7 Å². The van der Waals surface area contributed by atoms with Gasteiger partial charge in [0.15, 0.2) is 0 Å². The van der Waals surface area contributed by atoms with Crippen molar-refractivity contribution in [2.75, 3.05) is 13.2 Å². The standard InChI is InChI=1S/C12H16N2O4S/c1-9-5-11(4-3-10(9)6-13)19(17,18)14-7-12(2,16)8-15/h3-5,14-16H,7-8H2,1-2H3. The number of sulfonamides is 1. The minimum absolute atomic E-state index is 0.0118. The van der Waals surface area contributed by atoms with Gasteiger partial charge in [-0.15, -0.1) is 0 Å². The molecule has 0 radical (unpaired) electrons. The van der Waals surface area contributed by atoms with Crippen LogP contribution >= 0.6 is 0 Å². The third-order valence-corrected chi connectivity index (χ3v) is 4.01. The number of nitriles is 1. The summed E-state index contributed by atoms with van der Waals surface area (Å²) in [5.74, 6) is 0. The number of nitrogens with one attached hydrogen (secondary N) is 1. The molecule has 1 aromatic rings. The summed E-state index contributed by atoms with van der Waals surface area (Å²) in [4.78, 5) is 0.0118. The molecule has 0 fully saturated rings. The molecule has 0 amide bonds. The number of aliphatic hydroxyl groups is 2. The van der Waals surface area contributed by atoms with Gasteiger partial charge in [-0.05, 0) is 37.6 Å². The molecule has 3 N–H and O–H groups in total. The lowest BCUT2D eigenvalue weighted by molar-refractivity contribution is 0.00681. The fourth-order valence-electron chi connectivity index (χ4n) is 1.32. The first-order valence-electron chi connectivity index (χ1n) is 5.55. The highest BCUT2D eigenvalue weighted by Crippen LogP contribution is 2.15. The first-order valence-corrected chi connectivity index (χ1v) is 7.04. The summed E-state index contributed by atoms with van der Waals surface area (Å²) in [5.41, 5.74) is -0.560. The number of aliphatic hydroxyl groups excluding tert-OH is 1. The van der Waals surface area contributed by atoms with Gasteiger partial charge in [-0.25, -0.2) is 13.1 Å². The molecule has 0 aliphatic heterocycles. The summed E-state index contributed by atoms with van der Waals surface area (Å²) >= 11 is 0. The molecule has 1 aromatic carbocycles. The lowest BCUT2D eigenvalue weighted by Gasteiger charge is -2.20. The Kier molecular flexibility index (Phi) is 4.66. The molecule has 1 unspecified atom stereocenters. The van der Waals surface area contributed by atoms with Crippen LogP contribution in [0.4, 0.5) is 0 Å². The van der Waals surface area contributed by atoms with Crippen molar-refractivity contribution in [1.29, 1.82) is 5.26 Å². The zero-order chi connectivity index (χ0) is 14.7. The molecule has 0 saturated heterocycles. The van der Waals surface area contributed by atoms with Crippen LogP contribution in [0, 0.1) is 18.3 Å². The summed E-state index contributed by atoms with van der Waals surface area (Å²) in [6, 6.07) is 6.08. The van der Waals surface area contributed by atoms with E-state index in [2.05, 4.69) is 4.72 Å². The van der Waals surface area contributed by atoms with E-state index in [1.165, 1.54) is 25.1 Å². The van der Waals surface area contributed by atoms with Crippen molar-refractivity contribution in [3.05, 3.63) is 29.3 Å². The molecule has 1 atom stereocenters. The SMILES string of the molecule is Cc1cc(S(=O)(=O)NCC(C)(O)CO)ccc1C#N. The van der Waals surface area contributed by atoms with Gasteiger partial charge in [0.25, 0.3) is 0 Å². The lowest BCUT2D eigenvalue weighted by atomic mass is 10.1. The van der Waals surface area contributed by atoms with E-state index in [9.17, 15) is 13.5 Å². The van der Waals surface area contributed by atoms with Crippen molar-refractivity contribution in [3.63, 3.8) is 0 Å². The Morgan fingerprint density at radius 2 is 2.11 bits per heavy atom. The van der Waals surface area contributed by atoms with Gasteiger partial charge < -0.3 is 10.2 Å². The smallest absolute Gasteiger partial charge is 0.240 e. The first-order chi connectivity index (χ1) is 8.72. The summed E-state index contributed by atoms with van der Waals surface area (Å²) < 4.78 is 26.1. The summed E-state index contributed by atoms with van der Waals surface area (Å²) in [7, 11) is -3.78. The van der Waals surface area contributed by atoms with Gasteiger partial charge >= 0.3 is 0 Å². The van der Waals surface area contributed by atoms with Crippen LogP contribution < -0.4 is 4.72 Å². The minimum atomic E-state index is -3.78. The molecule has 1 rings (SSSR count). The second kappa shape index (κ2) is 5.67. The van der Waals surface area contributed by atoms with Crippen LogP contribution in [0.15, 0.2) is 23.1 Å². The van der Waals surface area contributed by atoms with Crippen LogP contribution in [-0.2, 0) is 10.0 Å². The first kappa shape index (κ1) is 15.6. The normalized spacial score (nSPS) is 14.7. The largest absolute Gasteiger partial charge is 0.393 e. The molecular formula is C12H16N2O4S. The van der Waals surface area contributed by atoms with E-state index < -0.39 is 22.2 Å². The molecule has 0 aliphatic carbocycles. The van der Waals surface area contributed by atoms with E-state index in [0.717, 1.165) is 0 Å². The molecular weight excluding hydrogens is 268 g/mol. The molecule has 0 saturated carbocycles. The fourth-order valence-corrected chi connectivity index (χ4v) is 2.57. The summed E-state index contributed by atoms with van der Waals surface area (Å²) in [6.45, 7) is 2.10. The number of hydrogen-bond donors (Lipinski definition) is 3. The third-order valence-electron chi connectivity index (χ3n) is 2.61. The molecule has 0 heterocycles. The average molecular weight is 284 g/mol. The quantitative estimate of drug-likeness (QED) is 0.698. The predicted octanol–water partition coefficient (Wildman–Crippen LogP) is -0.112. The second-order valence-corrected chi connectivity index (χ2v) is 6.34. The lowest BCUT2D eigenvalue weighted by Crippen LogP contribution is -2.43. The zero-order valence-electron chi connectivity index (χ0n) is 10.7. The fraction of sp³-hybridized carbons (Fsp3) is 0.417. The van der Waals surface area contributed by atoms with Crippen LogP contribution in [0.5, 0.6) is 0 Å². The maximum absolute atomic E-state index is 12.0. The van der Waals surface area contributed by atoms with Crippen molar-refractivity contribution in [1.82, 2.24) is 4.72 Å². The van der Waals surface area contributed by atoms with Crippen molar-refractivity contribution in [2.24, 2.45) is 0 Å². The molecule has 6 nitrogen and oxygen atoms in total. The number of hydrogen-bond acceptors (Lipinski definition) is 5. The van der Waals surface area contributed by atoms with Gasteiger partial charge in [-0.2, -0.15) is 5.26 Å². The van der Waals surface area contributed by atoms with E-state index >= 15 is 0 Å². The van der Waals surface area contributed by atoms with Crippen LogP contribution in [-0.4, -0.2) is 37.4 Å². The average Bonchev–Trinajstić information content (AvgIpc) is 2.36. The zero-order valence-corrected chi connectivity index (χ0v) is 11.5. The van der Waals surface area contributed by atoms with Crippen molar-refractivity contribution in [3.8, 4) is 6.07 Å². The number of nitrogens with zero attached hydrogens (tertiary/aromatic N) is 1. The highest BCUT2D eigenvalue weighted by Gasteiger charge is 2.23. The summed E-state index contributed by atoms with van der Waals surface area (Å²) in [6.07, 6.45) is 0. The maximum Gasteiger partial charge on any atom is 0.240 e. The van der Waals surface area contributed by atoms with Crippen molar-refractivity contribution < 1.29 is 18.6 Å². The van der Waals surface area contributed by atoms with E-state index in [-0.39, 0.29) is 11.4 Å². The monoisotopic (exact) mass is 284 g/mol. The van der Waals surface area contributed by atoms with Gasteiger partial charge in [0.1, 0.15) is 0 Å². The Hall–Kier alpha value is -1.46. The maximum atomic E-state index is 12.0. The van der Waals surface area contributed by atoms with Gasteiger partial charge in [-0.1, -0.05) is 0 Å². The van der Waals surface area contributed by atoms with E-state index in [1.54, 1.807) is 6.92 Å². The molecule has 0 aliphatic rings. The van der Waals surface area contributed by atoms with Crippen LogP contribution in [0.25, 0.3) is 0 Å². The Balaban J connectivity index is 2.96. The molecule has 0 bridgehead atoms. The van der Waals surface area contributed by atoms with Crippen LogP contribution in [0.1, 0.15) is 18.1 Å². The Morgan fingerprint density at radius 1 is 1.47 bits per heavy atom. The molecule has 0 spiro atoms. The highest BCUT2D eigenvalue weighted by molar-refractivity contribution is 7.89. The number of rotatable bonds is 5. The second-order valence-electron chi connectivity index (χ2n) is 4.57. The Bertz CT molecular complexity index is 603. The van der Waals surface area contributed by atoms with Crippen molar-refractivity contribution in [2.45, 2.75) is 24.3 Å². The van der Waals surface area contributed by atoms with Crippen molar-refractivity contribution >= 4 is 10.0 Å². The van der Waals surface area contributed by atoms with E-state index in [0.29, 0.717) is 11.1 Å². The molecule has 19 heavy (non-hydrogen) atoms. The topological polar surface area (TPSA) is 110 Å². The Labute approximate surface area is 112 Å². The highest BCUT2D eigenvalue weighted by atomic mass is 32.2. The van der Waals surface area contributed by atoms with E-state index in [4.69, 9.17) is 10.4 Å². The molecule has 7 heteroatoms. The van der Waals surface area contributed by atoms with Gasteiger partial charge in [-0.3, -0.25) is 0 Å². The molecule has 0 aromatic heterocycles. The predicted molar refractivity (Wildman–Crippen MR) is 68.8 cm³/mol. The van der Waals surface area contributed by atoms with E-state index in [1.807, 2.05) is 6.07 Å².